The lowest BCUT2D eigenvalue weighted by molar-refractivity contribution is -0.133. The van der Waals surface area contributed by atoms with Crippen LogP contribution in [0.25, 0.3) is 0 Å². The van der Waals surface area contributed by atoms with Crippen LogP contribution in [0.1, 0.15) is 29.5 Å². The maximum atomic E-state index is 12.4. The molecule has 6 heteroatoms. The number of carbonyl (C=O) groups excluding carboxylic acids is 2. The van der Waals surface area contributed by atoms with Gasteiger partial charge in [-0.2, -0.15) is 0 Å². The summed E-state index contributed by atoms with van der Waals surface area (Å²) in [6.45, 7) is 3.25. The summed E-state index contributed by atoms with van der Waals surface area (Å²) < 4.78 is 10.9. The van der Waals surface area contributed by atoms with E-state index in [1.165, 1.54) is 5.56 Å². The smallest absolute Gasteiger partial charge is 0.262 e. The second kappa shape index (κ2) is 8.15. The van der Waals surface area contributed by atoms with Crippen LogP contribution in [0.5, 0.6) is 11.5 Å². The zero-order valence-corrected chi connectivity index (χ0v) is 16.9. The summed E-state index contributed by atoms with van der Waals surface area (Å²) in [4.78, 5) is 26.6. The van der Waals surface area contributed by atoms with E-state index in [1.54, 1.807) is 13.2 Å². The predicted octanol–water partition coefficient (Wildman–Crippen LogP) is 3.32. The Balaban J connectivity index is 1.37. The number of amides is 2. The number of ether oxygens (including phenoxy) is 2. The first-order valence-electron chi connectivity index (χ1n) is 10.0. The minimum atomic E-state index is -0.241. The Bertz CT molecular complexity index is 936. The average molecular weight is 394 g/mol. The van der Waals surface area contributed by atoms with Crippen molar-refractivity contribution in [2.45, 2.75) is 32.7 Å². The number of nitrogens with zero attached hydrogens (tertiary/aromatic N) is 1. The van der Waals surface area contributed by atoms with Gasteiger partial charge in [0.1, 0.15) is 0 Å². The molecule has 2 aromatic carbocycles. The van der Waals surface area contributed by atoms with Gasteiger partial charge in [0.15, 0.2) is 18.1 Å². The molecule has 1 heterocycles. The minimum absolute atomic E-state index is 0.108. The van der Waals surface area contributed by atoms with Gasteiger partial charge in [-0.05, 0) is 67.1 Å². The summed E-state index contributed by atoms with van der Waals surface area (Å²) in [6, 6.07) is 11.5. The third kappa shape index (κ3) is 4.53. The highest BCUT2D eigenvalue weighted by Crippen LogP contribution is 2.33. The van der Waals surface area contributed by atoms with Crippen molar-refractivity contribution < 1.29 is 19.1 Å². The number of carbonyl (C=O) groups is 2. The van der Waals surface area contributed by atoms with E-state index in [1.807, 2.05) is 42.2 Å². The molecule has 0 bridgehead atoms. The molecule has 0 atom stereocenters. The van der Waals surface area contributed by atoms with E-state index in [4.69, 9.17) is 9.47 Å². The topological polar surface area (TPSA) is 67.9 Å². The van der Waals surface area contributed by atoms with Gasteiger partial charge in [0.25, 0.3) is 5.91 Å². The molecular formula is C23H26N2O4. The molecule has 1 fully saturated rings. The Morgan fingerprint density at radius 2 is 1.93 bits per heavy atom. The maximum Gasteiger partial charge on any atom is 0.262 e. The Kier molecular flexibility index (Phi) is 5.43. The number of aryl methyl sites for hydroxylation is 1. The van der Waals surface area contributed by atoms with Gasteiger partial charge in [-0.1, -0.05) is 12.1 Å². The predicted molar refractivity (Wildman–Crippen MR) is 110 cm³/mol. The van der Waals surface area contributed by atoms with Crippen LogP contribution in [0.2, 0.25) is 0 Å². The first-order chi connectivity index (χ1) is 14.0. The fraction of sp³-hybridized carbons (Fsp3) is 0.391. The lowest BCUT2D eigenvalue weighted by atomic mass is 9.98. The molecule has 1 aliphatic carbocycles. The van der Waals surface area contributed by atoms with Crippen LogP contribution in [-0.4, -0.2) is 37.0 Å². The summed E-state index contributed by atoms with van der Waals surface area (Å²) in [5.41, 5.74) is 4.11. The molecular weight excluding hydrogens is 368 g/mol. The van der Waals surface area contributed by atoms with Crippen LogP contribution in [0.4, 0.5) is 5.69 Å². The molecule has 1 aliphatic heterocycles. The molecule has 1 N–H and O–H groups in total. The largest absolute Gasteiger partial charge is 0.493 e. The van der Waals surface area contributed by atoms with Crippen molar-refractivity contribution in [1.82, 2.24) is 4.90 Å². The highest BCUT2D eigenvalue weighted by Gasteiger charge is 2.34. The molecule has 2 amide bonds. The van der Waals surface area contributed by atoms with E-state index in [9.17, 15) is 9.59 Å². The molecule has 0 radical (unpaired) electrons. The van der Waals surface area contributed by atoms with Gasteiger partial charge in [-0.25, -0.2) is 0 Å². The van der Waals surface area contributed by atoms with Crippen LogP contribution in [0.3, 0.4) is 0 Å². The molecule has 0 spiro atoms. The average Bonchev–Trinajstić information content (AvgIpc) is 3.57. The van der Waals surface area contributed by atoms with E-state index in [-0.39, 0.29) is 24.3 Å². The highest BCUT2D eigenvalue weighted by atomic mass is 16.5. The van der Waals surface area contributed by atoms with Gasteiger partial charge in [-0.3, -0.25) is 9.59 Å². The zero-order chi connectivity index (χ0) is 20.4. The fourth-order valence-corrected chi connectivity index (χ4v) is 3.65. The molecule has 0 unspecified atom stereocenters. The van der Waals surface area contributed by atoms with Gasteiger partial charge in [0, 0.05) is 24.7 Å². The van der Waals surface area contributed by atoms with Crippen LogP contribution in [-0.2, 0) is 22.6 Å². The van der Waals surface area contributed by atoms with E-state index < -0.39 is 0 Å². The summed E-state index contributed by atoms with van der Waals surface area (Å²) in [7, 11) is 1.58. The molecule has 0 saturated heterocycles. The third-order valence-corrected chi connectivity index (χ3v) is 5.42. The second-order valence-corrected chi connectivity index (χ2v) is 7.76. The number of nitrogens with one attached hydrogen (secondary N) is 1. The standard InChI is InChI=1S/C23H26N2O4/c1-15-3-8-20(21(11-15)28-2)29-14-22(26)24-19-7-6-16-9-10-25(13-18(16)12-19)23(27)17-4-5-17/h3,6-8,11-12,17H,4-5,9-10,13-14H2,1-2H3,(H,24,26). The Hall–Kier alpha value is -3.02. The minimum Gasteiger partial charge on any atom is -0.493 e. The number of benzene rings is 2. The third-order valence-electron chi connectivity index (χ3n) is 5.42. The van der Waals surface area contributed by atoms with E-state index >= 15 is 0 Å². The molecule has 2 aliphatic rings. The number of hydrogen-bond acceptors (Lipinski definition) is 4. The molecule has 29 heavy (non-hydrogen) atoms. The van der Waals surface area contributed by atoms with Crippen molar-refractivity contribution in [1.29, 1.82) is 0 Å². The van der Waals surface area contributed by atoms with Crippen molar-refractivity contribution in [3.63, 3.8) is 0 Å². The normalized spacial score (nSPS) is 15.4. The summed E-state index contributed by atoms with van der Waals surface area (Å²) in [5.74, 6) is 1.40. The first kappa shape index (κ1) is 19.3. The SMILES string of the molecule is COc1cc(C)ccc1OCC(=O)Nc1ccc2c(c1)CN(C(=O)C1CC1)CC2. The van der Waals surface area contributed by atoms with Gasteiger partial charge < -0.3 is 19.7 Å². The number of rotatable bonds is 6. The summed E-state index contributed by atoms with van der Waals surface area (Å²) >= 11 is 0. The zero-order valence-electron chi connectivity index (χ0n) is 16.9. The van der Waals surface area contributed by atoms with Crippen LogP contribution in [0, 0.1) is 12.8 Å². The van der Waals surface area contributed by atoms with Crippen molar-refractivity contribution in [3.8, 4) is 11.5 Å². The van der Waals surface area contributed by atoms with Crippen LogP contribution in [0.15, 0.2) is 36.4 Å². The van der Waals surface area contributed by atoms with E-state index in [0.717, 1.165) is 36.9 Å². The van der Waals surface area contributed by atoms with Crippen molar-refractivity contribution in [3.05, 3.63) is 53.1 Å². The highest BCUT2D eigenvalue weighted by molar-refractivity contribution is 5.92. The molecule has 1 saturated carbocycles. The summed E-state index contributed by atoms with van der Waals surface area (Å²) in [6.07, 6.45) is 2.90. The second-order valence-electron chi connectivity index (χ2n) is 7.76. The molecule has 6 nitrogen and oxygen atoms in total. The van der Waals surface area contributed by atoms with Gasteiger partial charge in [-0.15, -0.1) is 0 Å². The van der Waals surface area contributed by atoms with Crippen molar-refractivity contribution in [2.24, 2.45) is 5.92 Å². The van der Waals surface area contributed by atoms with Gasteiger partial charge in [0.2, 0.25) is 5.91 Å². The molecule has 152 valence electrons. The summed E-state index contributed by atoms with van der Waals surface area (Å²) in [5, 5.41) is 2.88. The molecule has 4 rings (SSSR count). The van der Waals surface area contributed by atoms with Crippen molar-refractivity contribution >= 4 is 17.5 Å². The quantitative estimate of drug-likeness (QED) is 0.816. The molecule has 0 aromatic heterocycles. The monoisotopic (exact) mass is 394 g/mol. The Morgan fingerprint density at radius 1 is 1.10 bits per heavy atom. The van der Waals surface area contributed by atoms with Crippen LogP contribution >= 0.6 is 0 Å². The van der Waals surface area contributed by atoms with Gasteiger partial charge >= 0.3 is 0 Å². The Morgan fingerprint density at radius 3 is 2.69 bits per heavy atom. The number of hydrogen-bond donors (Lipinski definition) is 1. The number of fused-ring (bicyclic) bond motifs is 1. The van der Waals surface area contributed by atoms with Crippen molar-refractivity contribution in [2.75, 3.05) is 25.6 Å². The lowest BCUT2D eigenvalue weighted by Crippen LogP contribution is -2.36. The number of anilines is 1. The first-order valence-corrected chi connectivity index (χ1v) is 10.0. The van der Waals surface area contributed by atoms with E-state index in [0.29, 0.717) is 23.7 Å². The van der Waals surface area contributed by atoms with Crippen LogP contribution < -0.4 is 14.8 Å². The lowest BCUT2D eigenvalue weighted by Gasteiger charge is -2.29. The Labute approximate surface area is 170 Å². The fourth-order valence-electron chi connectivity index (χ4n) is 3.65. The van der Waals surface area contributed by atoms with Gasteiger partial charge in [0.05, 0.1) is 7.11 Å². The maximum absolute atomic E-state index is 12.4. The number of methoxy groups -OCH3 is 1. The molecule has 2 aromatic rings. The van der Waals surface area contributed by atoms with E-state index in [2.05, 4.69) is 5.32 Å².